The molecule has 26 heavy (non-hydrogen) atoms. The van der Waals surface area contributed by atoms with Crippen molar-refractivity contribution < 1.29 is 14.2 Å². The van der Waals surface area contributed by atoms with Crippen LogP contribution in [0.15, 0.2) is 24.3 Å². The summed E-state index contributed by atoms with van der Waals surface area (Å²) in [6.45, 7) is 12.4. The third-order valence-corrected chi connectivity index (χ3v) is 5.38. The predicted octanol–water partition coefficient (Wildman–Crippen LogP) is 2.76. The maximum Gasteiger partial charge on any atom is 0.498 e. The van der Waals surface area contributed by atoms with Crippen molar-refractivity contribution in [2.45, 2.75) is 59.3 Å². The van der Waals surface area contributed by atoms with Gasteiger partial charge >= 0.3 is 7.12 Å². The summed E-state index contributed by atoms with van der Waals surface area (Å²) in [7, 11) is -0.473. The normalized spacial score (nSPS) is 18.3. The molecular weight excluding hydrogens is 333 g/mol. The second-order valence-electron chi connectivity index (χ2n) is 7.76. The Balaban J connectivity index is 1.90. The SMILES string of the molecule is Cc1nn(Cc2cccc([N+](=O)[O-])c2)c(C)c1B1OC(C)(C)C(C)(C)O1. The van der Waals surface area contributed by atoms with Gasteiger partial charge in [0.05, 0.1) is 28.4 Å². The lowest BCUT2D eigenvalue weighted by molar-refractivity contribution is -0.384. The van der Waals surface area contributed by atoms with Gasteiger partial charge < -0.3 is 9.31 Å². The minimum Gasteiger partial charge on any atom is -0.399 e. The molecule has 0 unspecified atom stereocenters. The lowest BCUT2D eigenvalue weighted by atomic mass is 9.77. The van der Waals surface area contributed by atoms with Crippen molar-refractivity contribution >= 4 is 18.3 Å². The molecule has 1 aromatic carbocycles. The largest absolute Gasteiger partial charge is 0.498 e. The summed E-state index contributed by atoms with van der Waals surface area (Å²) in [5.41, 5.74) is 2.77. The zero-order chi connectivity index (χ0) is 19.3. The van der Waals surface area contributed by atoms with Gasteiger partial charge in [0, 0.05) is 23.3 Å². The van der Waals surface area contributed by atoms with E-state index in [0.717, 1.165) is 22.4 Å². The van der Waals surface area contributed by atoms with Crippen LogP contribution in [0.3, 0.4) is 0 Å². The smallest absolute Gasteiger partial charge is 0.399 e. The monoisotopic (exact) mass is 357 g/mol. The Morgan fingerprint density at radius 2 is 1.81 bits per heavy atom. The summed E-state index contributed by atoms with van der Waals surface area (Å²) in [6, 6.07) is 6.61. The summed E-state index contributed by atoms with van der Waals surface area (Å²) >= 11 is 0. The molecule has 3 rings (SSSR count). The molecule has 0 spiro atoms. The number of nitro benzene ring substituents is 1. The van der Waals surface area contributed by atoms with Crippen molar-refractivity contribution in [3.8, 4) is 0 Å². The van der Waals surface area contributed by atoms with E-state index in [9.17, 15) is 10.1 Å². The molecule has 0 aliphatic carbocycles. The van der Waals surface area contributed by atoms with Crippen LogP contribution in [0.2, 0.25) is 0 Å². The molecule has 1 aromatic heterocycles. The molecule has 0 radical (unpaired) electrons. The first kappa shape index (κ1) is 18.6. The van der Waals surface area contributed by atoms with E-state index >= 15 is 0 Å². The van der Waals surface area contributed by atoms with Crippen LogP contribution in [0.25, 0.3) is 0 Å². The minimum absolute atomic E-state index is 0.0789. The summed E-state index contributed by atoms with van der Waals surface area (Å²) in [4.78, 5) is 10.6. The van der Waals surface area contributed by atoms with Gasteiger partial charge in [-0.15, -0.1) is 0 Å². The Kier molecular flexibility index (Phi) is 4.44. The lowest BCUT2D eigenvalue weighted by Gasteiger charge is -2.32. The topological polar surface area (TPSA) is 79.4 Å². The van der Waals surface area contributed by atoms with Crippen LogP contribution >= 0.6 is 0 Å². The highest BCUT2D eigenvalue weighted by atomic mass is 16.7. The molecule has 0 amide bonds. The summed E-state index contributed by atoms with van der Waals surface area (Å²) in [6.07, 6.45) is 0. The zero-order valence-corrected chi connectivity index (χ0v) is 16.1. The van der Waals surface area contributed by atoms with Crippen LogP contribution in [0.5, 0.6) is 0 Å². The zero-order valence-electron chi connectivity index (χ0n) is 16.1. The highest BCUT2D eigenvalue weighted by Crippen LogP contribution is 2.36. The Hall–Kier alpha value is -2.19. The summed E-state index contributed by atoms with van der Waals surface area (Å²) in [5.74, 6) is 0. The Morgan fingerprint density at radius 3 is 2.38 bits per heavy atom. The van der Waals surface area contributed by atoms with E-state index < -0.39 is 18.3 Å². The minimum atomic E-state index is -0.473. The molecular formula is C18H24BN3O4. The van der Waals surface area contributed by atoms with Gasteiger partial charge in [-0.1, -0.05) is 12.1 Å². The van der Waals surface area contributed by atoms with E-state index in [-0.39, 0.29) is 10.6 Å². The van der Waals surface area contributed by atoms with Gasteiger partial charge in [-0.05, 0) is 47.1 Å². The Labute approximate surface area is 153 Å². The number of nitrogens with zero attached hydrogens (tertiary/aromatic N) is 3. The number of benzene rings is 1. The number of hydrogen-bond acceptors (Lipinski definition) is 5. The van der Waals surface area contributed by atoms with E-state index in [1.807, 2.05) is 52.3 Å². The molecule has 1 saturated heterocycles. The third-order valence-electron chi connectivity index (χ3n) is 5.38. The second-order valence-corrected chi connectivity index (χ2v) is 7.76. The average Bonchev–Trinajstić information content (AvgIpc) is 2.91. The van der Waals surface area contributed by atoms with Crippen LogP contribution in [-0.4, -0.2) is 33.0 Å². The van der Waals surface area contributed by atoms with Crippen molar-refractivity contribution in [2.75, 3.05) is 0 Å². The van der Waals surface area contributed by atoms with Crippen LogP contribution in [0.1, 0.15) is 44.6 Å². The van der Waals surface area contributed by atoms with Gasteiger partial charge in [-0.25, -0.2) is 0 Å². The van der Waals surface area contributed by atoms with Crippen molar-refractivity contribution in [3.05, 3.63) is 51.3 Å². The molecule has 1 aliphatic rings. The predicted molar refractivity (Wildman–Crippen MR) is 99.6 cm³/mol. The molecule has 8 heteroatoms. The lowest BCUT2D eigenvalue weighted by Crippen LogP contribution is -2.41. The fourth-order valence-electron chi connectivity index (χ4n) is 3.11. The molecule has 138 valence electrons. The summed E-state index contributed by atoms with van der Waals surface area (Å²) < 4.78 is 14.2. The molecule has 1 fully saturated rings. The van der Waals surface area contributed by atoms with Crippen LogP contribution < -0.4 is 5.46 Å². The average molecular weight is 357 g/mol. The van der Waals surface area contributed by atoms with Crippen LogP contribution in [0.4, 0.5) is 5.69 Å². The Bertz CT molecular complexity index is 844. The number of aryl methyl sites for hydroxylation is 1. The molecule has 0 atom stereocenters. The van der Waals surface area contributed by atoms with E-state index in [4.69, 9.17) is 9.31 Å². The maximum atomic E-state index is 11.0. The highest BCUT2D eigenvalue weighted by Gasteiger charge is 2.53. The fraction of sp³-hybridized carbons (Fsp3) is 0.500. The molecule has 7 nitrogen and oxygen atoms in total. The first-order valence-electron chi connectivity index (χ1n) is 8.65. The standard InChI is InChI=1S/C18H24BN3O4/c1-12-16(19-25-17(3,4)18(5,6)26-19)13(2)21(20-12)11-14-8-7-9-15(10-14)22(23)24/h7-10H,11H2,1-6H3. The van der Waals surface area contributed by atoms with E-state index in [1.54, 1.807) is 12.1 Å². The number of rotatable bonds is 4. The first-order valence-corrected chi connectivity index (χ1v) is 8.65. The van der Waals surface area contributed by atoms with Crippen molar-refractivity contribution in [1.82, 2.24) is 9.78 Å². The second kappa shape index (κ2) is 6.21. The van der Waals surface area contributed by atoms with Gasteiger partial charge in [-0.2, -0.15) is 5.10 Å². The van der Waals surface area contributed by atoms with Crippen LogP contribution in [-0.2, 0) is 15.9 Å². The van der Waals surface area contributed by atoms with Crippen molar-refractivity contribution in [3.63, 3.8) is 0 Å². The van der Waals surface area contributed by atoms with E-state index in [2.05, 4.69) is 5.10 Å². The highest BCUT2D eigenvalue weighted by molar-refractivity contribution is 6.63. The Morgan fingerprint density at radius 1 is 1.19 bits per heavy atom. The van der Waals surface area contributed by atoms with Gasteiger partial charge in [0.2, 0.25) is 0 Å². The molecule has 0 bridgehead atoms. The van der Waals surface area contributed by atoms with Crippen molar-refractivity contribution in [1.29, 1.82) is 0 Å². The van der Waals surface area contributed by atoms with Gasteiger partial charge in [0.1, 0.15) is 0 Å². The van der Waals surface area contributed by atoms with Gasteiger partial charge in [-0.3, -0.25) is 14.8 Å². The molecule has 1 aliphatic heterocycles. The first-order chi connectivity index (χ1) is 12.0. The molecule has 0 saturated carbocycles. The number of non-ortho nitro benzene ring substituents is 1. The van der Waals surface area contributed by atoms with Gasteiger partial charge in [0.15, 0.2) is 0 Å². The number of nitro groups is 1. The van der Waals surface area contributed by atoms with Crippen LogP contribution in [0, 0.1) is 24.0 Å². The third kappa shape index (κ3) is 3.15. The molecule has 0 N–H and O–H groups in total. The van der Waals surface area contributed by atoms with Crippen molar-refractivity contribution in [2.24, 2.45) is 0 Å². The molecule has 2 heterocycles. The molecule has 2 aromatic rings. The van der Waals surface area contributed by atoms with Gasteiger partial charge in [0.25, 0.3) is 5.69 Å². The fourth-order valence-corrected chi connectivity index (χ4v) is 3.11. The maximum absolute atomic E-state index is 11.0. The quantitative estimate of drug-likeness (QED) is 0.478. The van der Waals surface area contributed by atoms with E-state index in [1.165, 1.54) is 6.07 Å². The number of aromatic nitrogens is 2. The van der Waals surface area contributed by atoms with E-state index in [0.29, 0.717) is 6.54 Å². The number of hydrogen-bond donors (Lipinski definition) is 0. The summed E-state index contributed by atoms with van der Waals surface area (Å²) in [5, 5.41) is 15.6.